The van der Waals surface area contributed by atoms with Crippen LogP contribution in [-0.2, 0) is 0 Å². The molecule has 1 heterocycles. The number of hydrogen-bond acceptors (Lipinski definition) is 3. The first-order valence-corrected chi connectivity index (χ1v) is 4.05. The first-order valence-electron chi connectivity index (χ1n) is 3.67. The van der Waals surface area contributed by atoms with Gasteiger partial charge in [0, 0.05) is 5.02 Å². The van der Waals surface area contributed by atoms with Crippen molar-refractivity contribution in [1.29, 1.82) is 0 Å². The molecule has 4 heteroatoms. The largest absolute Gasteiger partial charge is 0.452 e. The van der Waals surface area contributed by atoms with Gasteiger partial charge in [0.05, 0.1) is 0 Å². The highest BCUT2D eigenvalue weighted by atomic mass is 35.5. The summed E-state index contributed by atoms with van der Waals surface area (Å²) in [5, 5.41) is 4.14. The maximum Gasteiger partial charge on any atom is 0.186 e. The van der Waals surface area contributed by atoms with E-state index in [0.717, 1.165) is 0 Å². The Morgan fingerprint density at radius 3 is 2.92 bits per heavy atom. The zero-order chi connectivity index (χ0) is 9.10. The molecule has 13 heavy (non-hydrogen) atoms. The van der Waals surface area contributed by atoms with Gasteiger partial charge in [0.1, 0.15) is 11.9 Å². The van der Waals surface area contributed by atoms with Crippen molar-refractivity contribution < 1.29 is 9.26 Å². The maximum absolute atomic E-state index is 5.77. The monoisotopic (exact) mass is 195 g/mol. The second-order valence-electron chi connectivity index (χ2n) is 2.42. The Balaban J connectivity index is 2.19. The van der Waals surface area contributed by atoms with Gasteiger partial charge in [-0.05, 0) is 18.2 Å². The molecule has 1 aromatic heterocycles. The number of ether oxygens (including phenoxy) is 1. The van der Waals surface area contributed by atoms with Crippen molar-refractivity contribution in [1.82, 2.24) is 5.16 Å². The maximum atomic E-state index is 5.77. The summed E-state index contributed by atoms with van der Waals surface area (Å²) in [7, 11) is 0. The number of benzene rings is 1. The van der Waals surface area contributed by atoms with Crippen molar-refractivity contribution in [3.63, 3.8) is 0 Å². The third-order valence-electron chi connectivity index (χ3n) is 1.44. The van der Waals surface area contributed by atoms with Crippen LogP contribution in [0, 0.1) is 0 Å². The highest BCUT2D eigenvalue weighted by Crippen LogP contribution is 2.23. The summed E-state index contributed by atoms with van der Waals surface area (Å²) in [6.45, 7) is 0. The molecule has 0 bridgehead atoms. The van der Waals surface area contributed by atoms with E-state index in [1.54, 1.807) is 18.2 Å². The quantitative estimate of drug-likeness (QED) is 0.739. The fraction of sp³-hybridized carbons (Fsp3) is 0. The van der Waals surface area contributed by atoms with E-state index in [1.807, 2.05) is 6.07 Å². The first-order chi connectivity index (χ1) is 6.34. The molecule has 0 aliphatic carbocycles. The molecule has 2 aromatic rings. The SMILES string of the molecule is Clc1cccc(Oc2cnoc2)c1. The Morgan fingerprint density at radius 1 is 1.31 bits per heavy atom. The molecule has 2 rings (SSSR count). The average molecular weight is 196 g/mol. The van der Waals surface area contributed by atoms with Crippen LogP contribution in [-0.4, -0.2) is 5.16 Å². The first kappa shape index (κ1) is 8.13. The molecule has 0 atom stereocenters. The molecule has 0 spiro atoms. The third kappa shape index (κ3) is 2.00. The number of halogens is 1. The molecule has 3 nitrogen and oxygen atoms in total. The van der Waals surface area contributed by atoms with Gasteiger partial charge in [0.15, 0.2) is 12.0 Å². The summed E-state index contributed by atoms with van der Waals surface area (Å²) >= 11 is 5.77. The predicted octanol–water partition coefficient (Wildman–Crippen LogP) is 3.12. The topological polar surface area (TPSA) is 35.3 Å². The molecule has 0 fully saturated rings. The molecule has 0 aliphatic heterocycles. The van der Waals surface area contributed by atoms with Gasteiger partial charge in [0.2, 0.25) is 0 Å². The third-order valence-corrected chi connectivity index (χ3v) is 1.68. The lowest BCUT2D eigenvalue weighted by Gasteiger charge is -2.00. The number of rotatable bonds is 2. The Kier molecular flexibility index (Phi) is 2.19. The minimum Gasteiger partial charge on any atom is -0.452 e. The van der Waals surface area contributed by atoms with Gasteiger partial charge in [-0.1, -0.05) is 22.8 Å². The van der Waals surface area contributed by atoms with E-state index in [0.29, 0.717) is 16.5 Å². The van der Waals surface area contributed by atoms with Gasteiger partial charge in [-0.15, -0.1) is 0 Å². The van der Waals surface area contributed by atoms with E-state index in [2.05, 4.69) is 9.68 Å². The van der Waals surface area contributed by atoms with Crippen LogP contribution >= 0.6 is 11.6 Å². The van der Waals surface area contributed by atoms with Crippen LogP contribution in [0.1, 0.15) is 0 Å². The molecule has 0 saturated heterocycles. The van der Waals surface area contributed by atoms with Gasteiger partial charge in [-0.3, -0.25) is 0 Å². The van der Waals surface area contributed by atoms with Crippen LogP contribution in [0.5, 0.6) is 11.5 Å². The van der Waals surface area contributed by atoms with Crippen molar-refractivity contribution in [2.45, 2.75) is 0 Å². The van der Waals surface area contributed by atoms with Gasteiger partial charge in [-0.2, -0.15) is 0 Å². The van der Waals surface area contributed by atoms with Crippen molar-refractivity contribution in [3.05, 3.63) is 41.7 Å². The van der Waals surface area contributed by atoms with Crippen LogP contribution < -0.4 is 4.74 Å². The summed E-state index contributed by atoms with van der Waals surface area (Å²) in [5.41, 5.74) is 0. The smallest absolute Gasteiger partial charge is 0.186 e. The standard InChI is InChI=1S/C9H6ClNO2/c10-7-2-1-3-8(4-7)13-9-5-11-12-6-9/h1-6H. The highest BCUT2D eigenvalue weighted by molar-refractivity contribution is 6.30. The lowest BCUT2D eigenvalue weighted by molar-refractivity contribution is 0.410. The van der Waals surface area contributed by atoms with Gasteiger partial charge < -0.3 is 9.26 Å². The molecule has 0 N–H and O–H groups in total. The minimum atomic E-state index is 0.558. The fourth-order valence-electron chi connectivity index (χ4n) is 0.912. The van der Waals surface area contributed by atoms with Crippen LogP contribution in [0.4, 0.5) is 0 Å². The molecule has 0 aliphatic rings. The van der Waals surface area contributed by atoms with Crippen molar-refractivity contribution in [2.24, 2.45) is 0 Å². The predicted molar refractivity (Wildman–Crippen MR) is 48.0 cm³/mol. The molecule has 0 unspecified atom stereocenters. The number of nitrogens with zero attached hydrogens (tertiary/aromatic N) is 1. The summed E-state index contributed by atoms with van der Waals surface area (Å²) in [6.07, 6.45) is 2.90. The molecule has 0 radical (unpaired) electrons. The Morgan fingerprint density at radius 2 is 2.23 bits per heavy atom. The zero-order valence-electron chi connectivity index (χ0n) is 6.61. The van der Waals surface area contributed by atoms with E-state index < -0.39 is 0 Å². The lowest BCUT2D eigenvalue weighted by atomic mass is 10.3. The highest BCUT2D eigenvalue weighted by Gasteiger charge is 1.98. The Labute approximate surface area is 79.9 Å². The summed E-state index contributed by atoms with van der Waals surface area (Å²) in [5.74, 6) is 1.22. The van der Waals surface area contributed by atoms with Crippen LogP contribution in [0.3, 0.4) is 0 Å². The van der Waals surface area contributed by atoms with Gasteiger partial charge in [-0.25, -0.2) is 0 Å². The average Bonchev–Trinajstić information content (AvgIpc) is 2.57. The van der Waals surface area contributed by atoms with E-state index in [1.165, 1.54) is 12.5 Å². The lowest BCUT2D eigenvalue weighted by Crippen LogP contribution is -1.80. The molecule has 0 amide bonds. The molecule has 66 valence electrons. The van der Waals surface area contributed by atoms with Crippen molar-refractivity contribution in [3.8, 4) is 11.5 Å². The van der Waals surface area contributed by atoms with Crippen LogP contribution in [0.25, 0.3) is 0 Å². The van der Waals surface area contributed by atoms with Crippen molar-refractivity contribution >= 4 is 11.6 Å². The van der Waals surface area contributed by atoms with Crippen molar-refractivity contribution in [2.75, 3.05) is 0 Å². The number of hydrogen-bond donors (Lipinski definition) is 0. The Hall–Kier alpha value is -1.48. The van der Waals surface area contributed by atoms with E-state index in [9.17, 15) is 0 Å². The molecule has 1 aromatic carbocycles. The molecular formula is C9H6ClNO2. The van der Waals surface area contributed by atoms with Crippen LogP contribution in [0.15, 0.2) is 41.2 Å². The summed E-state index contributed by atoms with van der Waals surface area (Å²) in [6, 6.07) is 7.11. The van der Waals surface area contributed by atoms with Gasteiger partial charge in [0.25, 0.3) is 0 Å². The van der Waals surface area contributed by atoms with Gasteiger partial charge >= 0.3 is 0 Å². The van der Waals surface area contributed by atoms with Crippen LogP contribution in [0.2, 0.25) is 5.02 Å². The second-order valence-corrected chi connectivity index (χ2v) is 2.86. The molecular weight excluding hydrogens is 190 g/mol. The molecule has 0 saturated carbocycles. The van der Waals surface area contributed by atoms with E-state index in [4.69, 9.17) is 16.3 Å². The zero-order valence-corrected chi connectivity index (χ0v) is 7.36. The minimum absolute atomic E-state index is 0.558. The second kappa shape index (κ2) is 3.49. The fourth-order valence-corrected chi connectivity index (χ4v) is 1.09. The number of aromatic nitrogens is 1. The van der Waals surface area contributed by atoms with E-state index in [-0.39, 0.29) is 0 Å². The summed E-state index contributed by atoms with van der Waals surface area (Å²) in [4.78, 5) is 0. The van der Waals surface area contributed by atoms with E-state index >= 15 is 0 Å². The normalized spacial score (nSPS) is 9.92. The Bertz CT molecular complexity index is 386. The summed E-state index contributed by atoms with van der Waals surface area (Å²) < 4.78 is 9.97.